The summed E-state index contributed by atoms with van der Waals surface area (Å²) in [7, 11) is -3.00. The van der Waals surface area contributed by atoms with Crippen LogP contribution in [-0.2, 0) is 15.3 Å². The first-order chi connectivity index (χ1) is 6.91. The second kappa shape index (κ2) is 3.19. The van der Waals surface area contributed by atoms with Crippen LogP contribution in [0.4, 0.5) is 5.95 Å². The molecule has 2 N–H and O–H groups in total. The molecule has 2 heterocycles. The molecule has 1 atom stereocenters. The van der Waals surface area contributed by atoms with Gasteiger partial charge in [-0.05, 0) is 24.9 Å². The van der Waals surface area contributed by atoms with Gasteiger partial charge in [0.2, 0.25) is 5.89 Å². The van der Waals surface area contributed by atoms with Crippen LogP contribution in [0.3, 0.4) is 0 Å². The van der Waals surface area contributed by atoms with Gasteiger partial charge in [0.1, 0.15) is 0 Å². The maximum atomic E-state index is 11.5. The summed E-state index contributed by atoms with van der Waals surface area (Å²) in [5, 5.41) is 3.48. The first-order valence-electron chi connectivity index (χ1n) is 4.71. The standard InChI is InChI=1S/C8H13N3O3S/c1-8(6-10-7(9)11-14-6)3-2-4-15(12,13)5-8/h2-5H2,1H3,(H2,9,11). The Morgan fingerprint density at radius 2 is 2.27 bits per heavy atom. The van der Waals surface area contributed by atoms with Crippen molar-refractivity contribution in [3.05, 3.63) is 5.89 Å². The number of sulfone groups is 1. The fraction of sp³-hybridized carbons (Fsp3) is 0.750. The Hall–Kier alpha value is -1.11. The summed E-state index contributed by atoms with van der Waals surface area (Å²) in [6.45, 7) is 1.82. The molecule has 0 spiro atoms. The summed E-state index contributed by atoms with van der Waals surface area (Å²) in [5.74, 6) is 0.672. The molecule has 15 heavy (non-hydrogen) atoms. The molecule has 0 aliphatic carbocycles. The molecule has 6 nitrogen and oxygen atoms in total. The third kappa shape index (κ3) is 1.97. The van der Waals surface area contributed by atoms with Crippen LogP contribution in [0.25, 0.3) is 0 Å². The predicted molar refractivity (Wildman–Crippen MR) is 54.0 cm³/mol. The summed E-state index contributed by atoms with van der Waals surface area (Å²) in [4.78, 5) is 3.91. The maximum Gasteiger partial charge on any atom is 0.260 e. The van der Waals surface area contributed by atoms with Gasteiger partial charge in [-0.25, -0.2) is 8.42 Å². The lowest BCUT2D eigenvalue weighted by Gasteiger charge is -2.29. The highest BCUT2D eigenvalue weighted by Crippen LogP contribution is 2.33. The Labute approximate surface area is 87.8 Å². The average molecular weight is 231 g/mol. The summed E-state index contributed by atoms with van der Waals surface area (Å²) in [5.41, 5.74) is 4.76. The average Bonchev–Trinajstić information content (AvgIpc) is 2.49. The van der Waals surface area contributed by atoms with E-state index in [1.807, 2.05) is 6.92 Å². The van der Waals surface area contributed by atoms with Gasteiger partial charge in [-0.2, -0.15) is 4.98 Å². The third-order valence-corrected chi connectivity index (χ3v) is 4.67. The van der Waals surface area contributed by atoms with Crippen molar-refractivity contribution < 1.29 is 12.9 Å². The number of aromatic nitrogens is 2. The Bertz CT molecular complexity index is 467. The van der Waals surface area contributed by atoms with Gasteiger partial charge in [-0.3, -0.25) is 0 Å². The lowest BCUT2D eigenvalue weighted by molar-refractivity contribution is 0.291. The van der Waals surface area contributed by atoms with Crippen LogP contribution in [0.5, 0.6) is 0 Å². The lowest BCUT2D eigenvalue weighted by atomic mass is 9.87. The van der Waals surface area contributed by atoms with Gasteiger partial charge in [0.05, 0.1) is 16.9 Å². The van der Waals surface area contributed by atoms with E-state index in [2.05, 4.69) is 10.1 Å². The van der Waals surface area contributed by atoms with Gasteiger partial charge in [-0.1, -0.05) is 0 Å². The van der Waals surface area contributed by atoms with E-state index in [1.54, 1.807) is 0 Å². The summed E-state index contributed by atoms with van der Waals surface area (Å²) >= 11 is 0. The molecular weight excluding hydrogens is 218 g/mol. The third-order valence-electron chi connectivity index (χ3n) is 2.68. The first kappa shape index (κ1) is 10.4. The highest BCUT2D eigenvalue weighted by Gasteiger charge is 2.40. The van der Waals surface area contributed by atoms with Crippen LogP contribution in [-0.4, -0.2) is 30.1 Å². The maximum absolute atomic E-state index is 11.5. The van der Waals surface area contributed by atoms with Crippen LogP contribution >= 0.6 is 0 Å². The molecule has 0 amide bonds. The Kier molecular flexibility index (Phi) is 2.22. The molecule has 0 bridgehead atoms. The van der Waals surface area contributed by atoms with E-state index in [4.69, 9.17) is 10.3 Å². The molecule has 1 saturated heterocycles. The fourth-order valence-electron chi connectivity index (χ4n) is 1.96. The van der Waals surface area contributed by atoms with Crippen molar-refractivity contribution in [2.24, 2.45) is 0 Å². The molecule has 0 radical (unpaired) electrons. The number of hydrogen-bond acceptors (Lipinski definition) is 6. The molecule has 0 aromatic carbocycles. The van der Waals surface area contributed by atoms with Crippen molar-refractivity contribution in [3.63, 3.8) is 0 Å². The van der Waals surface area contributed by atoms with E-state index in [0.717, 1.165) is 6.42 Å². The zero-order valence-electron chi connectivity index (χ0n) is 8.43. The number of nitrogens with two attached hydrogens (primary N) is 1. The quantitative estimate of drug-likeness (QED) is 0.736. The predicted octanol–water partition coefficient (Wildman–Crippen LogP) is 0.118. The topological polar surface area (TPSA) is 99.1 Å². The van der Waals surface area contributed by atoms with E-state index < -0.39 is 15.3 Å². The highest BCUT2D eigenvalue weighted by atomic mass is 32.2. The molecule has 1 aromatic heterocycles. The number of anilines is 1. The summed E-state index contributed by atoms with van der Waals surface area (Å²) in [6, 6.07) is 0. The minimum absolute atomic E-state index is 0.0502. The van der Waals surface area contributed by atoms with E-state index in [-0.39, 0.29) is 17.5 Å². The molecule has 1 fully saturated rings. The molecule has 7 heteroatoms. The highest BCUT2D eigenvalue weighted by molar-refractivity contribution is 7.91. The fourth-order valence-corrected chi connectivity index (χ4v) is 3.93. The number of rotatable bonds is 1. The molecule has 1 aromatic rings. The van der Waals surface area contributed by atoms with Gasteiger partial charge < -0.3 is 10.3 Å². The molecule has 2 rings (SSSR count). The van der Waals surface area contributed by atoms with Gasteiger partial charge >= 0.3 is 0 Å². The van der Waals surface area contributed by atoms with Crippen LogP contribution in [0.1, 0.15) is 25.7 Å². The molecule has 1 aliphatic heterocycles. The lowest BCUT2D eigenvalue weighted by Crippen LogP contribution is -2.37. The van der Waals surface area contributed by atoms with Crippen molar-refractivity contribution in [3.8, 4) is 0 Å². The van der Waals surface area contributed by atoms with Crippen LogP contribution in [0.2, 0.25) is 0 Å². The van der Waals surface area contributed by atoms with E-state index in [1.165, 1.54) is 0 Å². The van der Waals surface area contributed by atoms with Gasteiger partial charge in [0.15, 0.2) is 9.84 Å². The van der Waals surface area contributed by atoms with Crippen LogP contribution in [0, 0.1) is 0 Å². The van der Waals surface area contributed by atoms with Crippen LogP contribution < -0.4 is 5.73 Å². The summed E-state index contributed by atoms with van der Waals surface area (Å²) < 4.78 is 28.0. The normalized spacial score (nSPS) is 30.2. The van der Waals surface area contributed by atoms with Gasteiger partial charge in [0.25, 0.3) is 5.95 Å². The Balaban J connectivity index is 2.34. The minimum Gasteiger partial charge on any atom is -0.365 e. The molecule has 0 saturated carbocycles. The monoisotopic (exact) mass is 231 g/mol. The second-order valence-corrected chi connectivity index (χ2v) is 6.40. The first-order valence-corrected chi connectivity index (χ1v) is 6.54. The molecule has 84 valence electrons. The van der Waals surface area contributed by atoms with Crippen LogP contribution in [0.15, 0.2) is 4.52 Å². The Morgan fingerprint density at radius 1 is 1.53 bits per heavy atom. The zero-order valence-corrected chi connectivity index (χ0v) is 9.25. The van der Waals surface area contributed by atoms with E-state index in [9.17, 15) is 8.42 Å². The van der Waals surface area contributed by atoms with Crippen molar-refractivity contribution in [1.82, 2.24) is 10.1 Å². The van der Waals surface area contributed by atoms with Gasteiger partial charge in [0, 0.05) is 0 Å². The zero-order chi connectivity index (χ0) is 11.1. The largest absolute Gasteiger partial charge is 0.365 e. The Morgan fingerprint density at radius 3 is 2.80 bits per heavy atom. The smallest absolute Gasteiger partial charge is 0.260 e. The van der Waals surface area contributed by atoms with Crippen molar-refractivity contribution in [2.45, 2.75) is 25.2 Å². The summed E-state index contributed by atoms with van der Waals surface area (Å²) in [6.07, 6.45) is 1.36. The number of nitrogens with zero attached hydrogens (tertiary/aromatic N) is 2. The SMILES string of the molecule is CC1(c2nc(N)no2)CCCS(=O)(=O)C1. The minimum atomic E-state index is -3.00. The number of hydrogen-bond donors (Lipinski definition) is 1. The van der Waals surface area contributed by atoms with E-state index in [0.29, 0.717) is 12.3 Å². The van der Waals surface area contributed by atoms with Crippen molar-refractivity contribution in [1.29, 1.82) is 0 Å². The molecular formula is C8H13N3O3S. The van der Waals surface area contributed by atoms with Crippen molar-refractivity contribution >= 4 is 15.8 Å². The number of nitrogen functional groups attached to an aromatic ring is 1. The second-order valence-electron chi connectivity index (χ2n) is 4.21. The van der Waals surface area contributed by atoms with Crippen molar-refractivity contribution in [2.75, 3.05) is 17.2 Å². The van der Waals surface area contributed by atoms with Gasteiger partial charge in [-0.15, -0.1) is 0 Å². The molecule has 1 aliphatic rings. The molecule has 1 unspecified atom stereocenters. The van der Waals surface area contributed by atoms with E-state index >= 15 is 0 Å².